The van der Waals surface area contributed by atoms with E-state index in [9.17, 15) is 0 Å². The predicted molar refractivity (Wildman–Crippen MR) is 79.8 cm³/mol. The molecule has 0 amide bonds. The molecule has 0 aliphatic rings. The van der Waals surface area contributed by atoms with Crippen LogP contribution in [0.25, 0.3) is 0 Å². The van der Waals surface area contributed by atoms with E-state index in [-0.39, 0.29) is 0 Å². The Morgan fingerprint density at radius 1 is 0.706 bits per heavy atom. The molecular formula is C17H25. The van der Waals surface area contributed by atoms with Crippen LogP contribution in [0.4, 0.5) is 0 Å². The van der Waals surface area contributed by atoms with Gasteiger partial charge in [-0.3, -0.25) is 0 Å². The summed E-state index contributed by atoms with van der Waals surface area (Å²) in [4.78, 5) is 0. The van der Waals surface area contributed by atoms with E-state index in [1.165, 1.54) is 12.8 Å². The zero-order valence-corrected chi connectivity index (χ0v) is 11.0. The Kier molecular flexibility index (Phi) is 13.6. The van der Waals surface area contributed by atoms with E-state index in [0.717, 1.165) is 19.3 Å². The smallest absolute Gasteiger partial charge is 0.0348 e. The Bertz CT molecular complexity index is 274. The quantitative estimate of drug-likeness (QED) is 0.358. The fourth-order valence-corrected chi connectivity index (χ4v) is 1.21. The van der Waals surface area contributed by atoms with Crippen LogP contribution in [0.3, 0.4) is 0 Å². The maximum absolute atomic E-state index is 3.82. The van der Waals surface area contributed by atoms with Gasteiger partial charge in [0.1, 0.15) is 0 Å². The third-order valence-corrected chi connectivity index (χ3v) is 2.16. The summed E-state index contributed by atoms with van der Waals surface area (Å²) in [6, 6.07) is 0. The molecule has 0 saturated heterocycles. The van der Waals surface area contributed by atoms with Gasteiger partial charge in [-0.05, 0) is 19.3 Å². The molecule has 0 aromatic carbocycles. The van der Waals surface area contributed by atoms with Gasteiger partial charge < -0.3 is 0 Å². The fraction of sp³-hybridized carbons (Fsp3) is 0.353. The van der Waals surface area contributed by atoms with Gasteiger partial charge in [-0.15, -0.1) is 0 Å². The highest BCUT2D eigenvalue weighted by Crippen LogP contribution is 1.99. The van der Waals surface area contributed by atoms with Crippen LogP contribution >= 0.6 is 0 Å². The van der Waals surface area contributed by atoms with Crippen molar-refractivity contribution in [2.75, 3.05) is 0 Å². The maximum atomic E-state index is 3.82. The average molecular weight is 229 g/mol. The lowest BCUT2D eigenvalue weighted by Crippen LogP contribution is -1.69. The summed E-state index contributed by atoms with van der Waals surface area (Å²) in [6.45, 7) is 5.95. The first-order valence-electron chi connectivity index (χ1n) is 6.52. The fourth-order valence-electron chi connectivity index (χ4n) is 1.21. The average Bonchev–Trinajstić information content (AvgIpc) is 2.35. The highest BCUT2D eigenvalue weighted by molar-refractivity contribution is 5.17. The molecule has 0 bridgehead atoms. The summed E-state index contributed by atoms with van der Waals surface area (Å²) < 4.78 is 0. The van der Waals surface area contributed by atoms with Crippen LogP contribution in [-0.2, 0) is 0 Å². The molecule has 0 spiro atoms. The molecule has 0 nitrogen and oxygen atoms in total. The predicted octanol–water partition coefficient (Wildman–Crippen LogP) is 5.57. The molecule has 0 saturated carbocycles. The van der Waals surface area contributed by atoms with Crippen LogP contribution in [-0.4, -0.2) is 0 Å². The number of hydrogen-bond donors (Lipinski definition) is 0. The number of rotatable bonds is 9. The molecule has 1 radical (unpaired) electrons. The molecule has 0 atom stereocenters. The Labute approximate surface area is 107 Å². The van der Waals surface area contributed by atoms with Crippen LogP contribution in [0.2, 0.25) is 0 Å². The lowest BCUT2D eigenvalue weighted by molar-refractivity contribution is 0.760. The van der Waals surface area contributed by atoms with E-state index >= 15 is 0 Å². The van der Waals surface area contributed by atoms with Crippen LogP contribution < -0.4 is 0 Å². The lowest BCUT2D eigenvalue weighted by atomic mass is 10.2. The molecule has 0 fully saturated rings. The van der Waals surface area contributed by atoms with Gasteiger partial charge >= 0.3 is 0 Å². The van der Waals surface area contributed by atoms with E-state index in [1.807, 2.05) is 30.4 Å². The highest BCUT2D eigenvalue weighted by atomic mass is 13.9. The van der Waals surface area contributed by atoms with Gasteiger partial charge in [-0.25, -0.2) is 0 Å². The lowest BCUT2D eigenvalue weighted by Gasteiger charge is -1.89. The van der Waals surface area contributed by atoms with Crippen LogP contribution in [0.15, 0.2) is 60.8 Å². The monoisotopic (exact) mass is 229 g/mol. The van der Waals surface area contributed by atoms with E-state index in [1.54, 1.807) is 0 Å². The second-order valence-electron chi connectivity index (χ2n) is 3.77. The van der Waals surface area contributed by atoms with Crippen molar-refractivity contribution in [1.29, 1.82) is 0 Å². The van der Waals surface area contributed by atoms with Crippen LogP contribution in [0.1, 0.15) is 39.0 Å². The standard InChI is InChI=1S/C17H25/c1-3-5-7-9-11-13-15-17-16-14-12-10-8-6-4-2/h6,8,10-17H,1,3-5,7,9H2,2H3. The van der Waals surface area contributed by atoms with Crippen molar-refractivity contribution in [3.05, 3.63) is 67.7 Å². The van der Waals surface area contributed by atoms with Gasteiger partial charge in [0.25, 0.3) is 0 Å². The van der Waals surface area contributed by atoms with Crippen molar-refractivity contribution in [3.8, 4) is 0 Å². The molecule has 17 heavy (non-hydrogen) atoms. The van der Waals surface area contributed by atoms with Crippen LogP contribution in [0.5, 0.6) is 0 Å². The molecule has 0 aliphatic heterocycles. The molecule has 0 heterocycles. The van der Waals surface area contributed by atoms with E-state index in [2.05, 4.69) is 44.2 Å². The number of unbranched alkanes of at least 4 members (excludes halogenated alkanes) is 3. The first kappa shape index (κ1) is 15.7. The van der Waals surface area contributed by atoms with Gasteiger partial charge in [-0.2, -0.15) is 0 Å². The summed E-state index contributed by atoms with van der Waals surface area (Å²) in [5.41, 5.74) is 0. The summed E-state index contributed by atoms with van der Waals surface area (Å²) >= 11 is 0. The molecule has 0 unspecified atom stereocenters. The minimum atomic E-state index is 1.05. The molecule has 93 valence electrons. The molecule has 0 aliphatic carbocycles. The van der Waals surface area contributed by atoms with E-state index < -0.39 is 0 Å². The second kappa shape index (κ2) is 14.7. The minimum absolute atomic E-state index is 1.05. The van der Waals surface area contributed by atoms with Gasteiger partial charge in [-0.1, -0.05) is 87.4 Å². The normalized spacial score (nSPS) is 13.3. The molecule has 0 N–H and O–H groups in total. The molecule has 0 aromatic rings. The molecule has 0 aromatic heterocycles. The Hall–Kier alpha value is -1.30. The van der Waals surface area contributed by atoms with Crippen molar-refractivity contribution in [3.63, 3.8) is 0 Å². The number of allylic oxidation sites excluding steroid dienone is 10. The first-order chi connectivity index (χ1) is 8.41. The highest BCUT2D eigenvalue weighted by Gasteiger charge is 1.79. The zero-order valence-electron chi connectivity index (χ0n) is 11.0. The summed E-state index contributed by atoms with van der Waals surface area (Å²) in [5.74, 6) is 0. The number of hydrogen-bond acceptors (Lipinski definition) is 0. The molecular weight excluding hydrogens is 204 g/mol. The zero-order chi connectivity index (χ0) is 12.6. The van der Waals surface area contributed by atoms with E-state index in [4.69, 9.17) is 0 Å². The van der Waals surface area contributed by atoms with Crippen molar-refractivity contribution >= 4 is 0 Å². The van der Waals surface area contributed by atoms with Gasteiger partial charge in [0.05, 0.1) is 0 Å². The van der Waals surface area contributed by atoms with Crippen molar-refractivity contribution in [1.82, 2.24) is 0 Å². The minimum Gasteiger partial charge on any atom is -0.0848 e. The maximum Gasteiger partial charge on any atom is -0.0348 e. The largest absolute Gasteiger partial charge is 0.0848 e. The van der Waals surface area contributed by atoms with Gasteiger partial charge in [0.2, 0.25) is 0 Å². The topological polar surface area (TPSA) is 0 Å². The Morgan fingerprint density at radius 3 is 1.76 bits per heavy atom. The second-order valence-corrected chi connectivity index (χ2v) is 3.77. The van der Waals surface area contributed by atoms with Gasteiger partial charge in [0.15, 0.2) is 0 Å². The SMILES string of the molecule is [CH2]CCCCC=CC=CC=CC=CC=CCC. The first-order valence-corrected chi connectivity index (χ1v) is 6.52. The molecule has 0 rings (SSSR count). The third kappa shape index (κ3) is 14.7. The van der Waals surface area contributed by atoms with Crippen molar-refractivity contribution in [2.24, 2.45) is 0 Å². The van der Waals surface area contributed by atoms with Crippen LogP contribution in [0, 0.1) is 6.92 Å². The van der Waals surface area contributed by atoms with Crippen molar-refractivity contribution < 1.29 is 0 Å². The Balaban J connectivity index is 3.55. The Morgan fingerprint density at radius 2 is 1.24 bits per heavy atom. The molecule has 0 heteroatoms. The summed E-state index contributed by atoms with van der Waals surface area (Å²) in [6.07, 6.45) is 26.5. The third-order valence-electron chi connectivity index (χ3n) is 2.16. The summed E-state index contributed by atoms with van der Waals surface area (Å²) in [5, 5.41) is 0. The van der Waals surface area contributed by atoms with Gasteiger partial charge in [0, 0.05) is 0 Å². The van der Waals surface area contributed by atoms with E-state index in [0.29, 0.717) is 0 Å². The van der Waals surface area contributed by atoms with Crippen molar-refractivity contribution in [2.45, 2.75) is 39.0 Å². The summed E-state index contributed by atoms with van der Waals surface area (Å²) in [7, 11) is 0.